The molecular weight excluding hydrogens is 324 g/mol. The molecule has 0 spiro atoms. The molecule has 0 aromatic heterocycles. The summed E-state index contributed by atoms with van der Waals surface area (Å²) in [7, 11) is -4.31. The first kappa shape index (κ1) is 16.7. The molecule has 7 nitrogen and oxygen atoms in total. The zero-order chi connectivity index (χ0) is 16.9. The quantitative estimate of drug-likeness (QED) is 0.435. The fourth-order valence-electron chi connectivity index (χ4n) is 5.31. The summed E-state index contributed by atoms with van der Waals surface area (Å²) in [5.74, 6) is -1.29. The Labute approximate surface area is 135 Å². The first-order valence-electron chi connectivity index (χ1n) is 7.98. The highest BCUT2D eigenvalue weighted by molar-refractivity contribution is 7.85. The van der Waals surface area contributed by atoms with Gasteiger partial charge in [0.1, 0.15) is 0 Å². The summed E-state index contributed by atoms with van der Waals surface area (Å²) in [4.78, 5) is 24.3. The molecule has 0 aromatic carbocycles. The maximum Gasteiger partial charge on any atom is 0.312 e. The van der Waals surface area contributed by atoms with Crippen molar-refractivity contribution in [3.63, 3.8) is 0 Å². The Morgan fingerprint density at radius 1 is 1.13 bits per heavy atom. The van der Waals surface area contributed by atoms with Gasteiger partial charge < -0.3 is 14.4 Å². The number of carbonyl (C=O) groups excluding carboxylic acids is 1. The van der Waals surface area contributed by atoms with Crippen molar-refractivity contribution in [3.05, 3.63) is 0 Å². The molecule has 8 heteroatoms. The smallest absolute Gasteiger partial charge is 0.312 e. The van der Waals surface area contributed by atoms with Crippen LogP contribution in [0.2, 0.25) is 0 Å². The van der Waals surface area contributed by atoms with E-state index in [4.69, 9.17) is 4.74 Å². The first-order chi connectivity index (χ1) is 10.6. The van der Waals surface area contributed by atoms with Crippen molar-refractivity contribution < 1.29 is 32.4 Å². The van der Waals surface area contributed by atoms with E-state index in [-0.39, 0.29) is 24.9 Å². The van der Waals surface area contributed by atoms with Crippen molar-refractivity contribution in [1.29, 1.82) is 0 Å². The Kier molecular flexibility index (Phi) is 3.95. The molecule has 0 aliphatic heterocycles. The van der Waals surface area contributed by atoms with Crippen LogP contribution in [-0.4, -0.2) is 42.4 Å². The molecule has 1 N–H and O–H groups in total. The van der Waals surface area contributed by atoms with E-state index in [0.29, 0.717) is 32.1 Å². The number of rotatable bonds is 6. The molecule has 0 saturated heterocycles. The molecule has 4 aliphatic rings. The van der Waals surface area contributed by atoms with Crippen LogP contribution in [0.15, 0.2) is 0 Å². The van der Waals surface area contributed by atoms with Crippen molar-refractivity contribution in [2.75, 3.05) is 12.4 Å². The van der Waals surface area contributed by atoms with Crippen molar-refractivity contribution >= 4 is 22.1 Å². The predicted octanol–water partition coefficient (Wildman–Crippen LogP) is 1.14. The fourth-order valence-corrected chi connectivity index (χ4v) is 5.78. The number of carbonyl (C=O) groups is 2. The molecule has 4 saturated carbocycles. The van der Waals surface area contributed by atoms with Crippen LogP contribution < -0.4 is 0 Å². The molecule has 0 heterocycles. The normalized spacial score (nSPS) is 38.5. The van der Waals surface area contributed by atoms with Gasteiger partial charge in [0, 0.05) is 5.75 Å². The average molecular weight is 345 g/mol. The second-order valence-corrected chi connectivity index (χ2v) is 9.10. The van der Waals surface area contributed by atoms with E-state index in [1.807, 2.05) is 0 Å². The molecule has 4 rings (SSSR count). The summed E-state index contributed by atoms with van der Waals surface area (Å²) in [6.07, 6.45) is 3.89. The van der Waals surface area contributed by atoms with Crippen LogP contribution >= 0.6 is 0 Å². The number of ether oxygens (including phenoxy) is 1. The maximum atomic E-state index is 12.5. The van der Waals surface area contributed by atoms with Crippen molar-refractivity contribution in [2.24, 2.45) is 22.7 Å². The van der Waals surface area contributed by atoms with Crippen molar-refractivity contribution in [2.45, 2.75) is 44.9 Å². The number of esters is 1. The number of carboxylic acids is 1. The second-order valence-electron chi connectivity index (χ2n) is 7.58. The van der Waals surface area contributed by atoms with Crippen LogP contribution in [0.4, 0.5) is 0 Å². The lowest BCUT2D eigenvalue weighted by Gasteiger charge is -2.59. The molecule has 23 heavy (non-hydrogen) atoms. The third-order valence-electron chi connectivity index (χ3n) is 5.72. The molecular formula is C15H21O7S-. The van der Waals surface area contributed by atoms with Crippen LogP contribution in [0.1, 0.15) is 44.9 Å². The highest BCUT2D eigenvalue weighted by atomic mass is 32.2. The van der Waals surface area contributed by atoms with Crippen LogP contribution in [0.25, 0.3) is 0 Å². The van der Waals surface area contributed by atoms with Gasteiger partial charge in [-0.1, -0.05) is 0 Å². The SMILES string of the molecule is O=C(O)C12CC3CC(C1)CC(C(=O)OCCCS(=O)(=O)[O-])(C3)C2. The molecule has 4 bridgehead atoms. The Morgan fingerprint density at radius 2 is 1.70 bits per heavy atom. The largest absolute Gasteiger partial charge is 0.748 e. The summed E-state index contributed by atoms with van der Waals surface area (Å²) < 4.78 is 36.9. The van der Waals surface area contributed by atoms with E-state index in [1.165, 1.54) is 0 Å². The third kappa shape index (κ3) is 3.10. The minimum atomic E-state index is -4.31. The van der Waals surface area contributed by atoms with E-state index in [0.717, 1.165) is 6.42 Å². The van der Waals surface area contributed by atoms with Gasteiger partial charge in [0.25, 0.3) is 0 Å². The average Bonchev–Trinajstić information content (AvgIpc) is 2.40. The van der Waals surface area contributed by atoms with Gasteiger partial charge in [-0.2, -0.15) is 0 Å². The van der Waals surface area contributed by atoms with E-state index < -0.39 is 38.6 Å². The predicted molar refractivity (Wildman–Crippen MR) is 77.3 cm³/mol. The summed E-state index contributed by atoms with van der Waals surface area (Å²) in [5.41, 5.74) is -1.54. The second kappa shape index (κ2) is 5.44. The molecule has 4 fully saturated rings. The van der Waals surface area contributed by atoms with E-state index >= 15 is 0 Å². The lowest BCUT2D eigenvalue weighted by molar-refractivity contribution is -0.190. The van der Waals surface area contributed by atoms with Gasteiger partial charge in [-0.15, -0.1) is 0 Å². The molecule has 0 amide bonds. The Balaban J connectivity index is 1.67. The lowest BCUT2D eigenvalue weighted by atomic mass is 9.44. The highest BCUT2D eigenvalue weighted by Crippen LogP contribution is 2.65. The number of aliphatic carboxylic acids is 1. The zero-order valence-electron chi connectivity index (χ0n) is 12.8. The minimum Gasteiger partial charge on any atom is -0.748 e. The van der Waals surface area contributed by atoms with Gasteiger partial charge in [-0.3, -0.25) is 9.59 Å². The molecule has 0 aromatic rings. The monoisotopic (exact) mass is 345 g/mol. The van der Waals surface area contributed by atoms with E-state index in [9.17, 15) is 27.7 Å². The van der Waals surface area contributed by atoms with Gasteiger partial charge in [0.2, 0.25) is 0 Å². The third-order valence-corrected chi connectivity index (χ3v) is 6.51. The summed E-state index contributed by atoms with van der Waals surface area (Å²) in [6, 6.07) is 0. The van der Waals surface area contributed by atoms with Crippen LogP contribution in [-0.2, 0) is 24.4 Å². The van der Waals surface area contributed by atoms with Crippen LogP contribution in [0.3, 0.4) is 0 Å². The molecule has 2 unspecified atom stereocenters. The molecule has 2 atom stereocenters. The van der Waals surface area contributed by atoms with Gasteiger partial charge >= 0.3 is 11.9 Å². The fraction of sp³-hybridized carbons (Fsp3) is 0.867. The molecule has 0 radical (unpaired) electrons. The number of hydrogen-bond donors (Lipinski definition) is 1. The molecule has 130 valence electrons. The Hall–Kier alpha value is -1.15. The number of carboxylic acid groups (broad SMARTS) is 1. The summed E-state index contributed by atoms with van der Waals surface area (Å²) in [5, 5.41) is 9.63. The van der Waals surface area contributed by atoms with Crippen molar-refractivity contribution in [3.8, 4) is 0 Å². The standard InChI is InChI=1S/C15H22O7S/c16-12(17)14-5-10-4-11(6-14)8-15(7-10,9-14)13(18)22-2-1-3-23(19,20)21/h10-11H,1-9H2,(H,16,17)(H,19,20,21)/p-1. The Morgan fingerprint density at radius 3 is 2.22 bits per heavy atom. The summed E-state index contributed by atoms with van der Waals surface area (Å²) >= 11 is 0. The van der Waals surface area contributed by atoms with Crippen LogP contribution in [0.5, 0.6) is 0 Å². The maximum absolute atomic E-state index is 12.5. The van der Waals surface area contributed by atoms with Gasteiger partial charge in [0.05, 0.1) is 27.6 Å². The van der Waals surface area contributed by atoms with E-state index in [2.05, 4.69) is 0 Å². The van der Waals surface area contributed by atoms with Gasteiger partial charge in [-0.05, 0) is 56.8 Å². The van der Waals surface area contributed by atoms with E-state index in [1.54, 1.807) is 0 Å². The van der Waals surface area contributed by atoms with Crippen molar-refractivity contribution in [1.82, 2.24) is 0 Å². The first-order valence-corrected chi connectivity index (χ1v) is 9.56. The van der Waals surface area contributed by atoms with Crippen LogP contribution in [0, 0.1) is 22.7 Å². The Bertz CT molecular complexity index is 610. The number of hydrogen-bond acceptors (Lipinski definition) is 6. The van der Waals surface area contributed by atoms with Gasteiger partial charge in [-0.25, -0.2) is 8.42 Å². The summed E-state index contributed by atoms with van der Waals surface area (Å²) in [6.45, 7) is -0.114. The molecule has 4 aliphatic carbocycles. The minimum absolute atomic E-state index is 0.0232. The highest BCUT2D eigenvalue weighted by Gasteiger charge is 2.63. The lowest BCUT2D eigenvalue weighted by Crippen LogP contribution is -2.57. The zero-order valence-corrected chi connectivity index (χ0v) is 13.6. The topological polar surface area (TPSA) is 121 Å². The van der Waals surface area contributed by atoms with Gasteiger partial charge in [0.15, 0.2) is 0 Å².